The van der Waals surface area contributed by atoms with Crippen LogP contribution < -0.4 is 20.1 Å². The topological polar surface area (TPSA) is 93.7 Å². The average molecular weight is 475 g/mol. The van der Waals surface area contributed by atoms with Crippen molar-refractivity contribution >= 4 is 29.0 Å². The van der Waals surface area contributed by atoms with Gasteiger partial charge in [0.1, 0.15) is 0 Å². The lowest BCUT2D eigenvalue weighted by atomic mass is 9.97. The van der Waals surface area contributed by atoms with Gasteiger partial charge in [0.05, 0.1) is 18.8 Å². The van der Waals surface area contributed by atoms with E-state index in [4.69, 9.17) is 9.47 Å². The lowest BCUT2D eigenvalue weighted by Crippen LogP contribution is -2.17. The second-order valence-electron chi connectivity index (χ2n) is 7.95. The minimum absolute atomic E-state index is 0.210. The number of ether oxygens (including phenoxy) is 2. The van der Waals surface area contributed by atoms with Crippen LogP contribution in [-0.2, 0) is 4.79 Å². The van der Waals surface area contributed by atoms with Crippen LogP contribution in [0, 0.1) is 0 Å². The largest absolute Gasteiger partial charge is 0.490 e. The van der Waals surface area contributed by atoms with Crippen LogP contribution in [0.5, 0.6) is 11.5 Å². The summed E-state index contributed by atoms with van der Waals surface area (Å²) < 4.78 is 11.6. The van der Waals surface area contributed by atoms with Gasteiger partial charge in [0.2, 0.25) is 5.91 Å². The minimum atomic E-state index is -0.431. The molecule has 0 unspecified atom stereocenters. The fraction of sp³-hybridized carbons (Fsp3) is 0.250. The highest BCUT2D eigenvalue weighted by atomic mass is 16.5. The summed E-state index contributed by atoms with van der Waals surface area (Å²) in [5, 5.41) is 5.48. The summed E-state index contributed by atoms with van der Waals surface area (Å²) in [5.74, 6) is 0.146. The molecule has 0 atom stereocenters. The molecule has 0 aliphatic rings. The Bertz CT molecular complexity index is 1210. The van der Waals surface area contributed by atoms with Gasteiger partial charge < -0.3 is 20.1 Å². The first-order valence-electron chi connectivity index (χ1n) is 11.6. The highest BCUT2D eigenvalue weighted by Gasteiger charge is 2.20. The maximum atomic E-state index is 13.4. The number of hydrogen-bond donors (Lipinski definition) is 2. The van der Waals surface area contributed by atoms with Gasteiger partial charge >= 0.3 is 0 Å². The van der Waals surface area contributed by atoms with E-state index in [0.29, 0.717) is 41.7 Å². The third kappa shape index (κ3) is 6.93. The Hall–Kier alpha value is -4.13. The van der Waals surface area contributed by atoms with Crippen molar-refractivity contribution in [3.63, 3.8) is 0 Å². The van der Waals surface area contributed by atoms with Crippen LogP contribution in [0.4, 0.5) is 11.4 Å². The van der Waals surface area contributed by atoms with Crippen molar-refractivity contribution in [2.24, 2.45) is 0 Å². The van der Waals surface area contributed by atoms with E-state index in [1.54, 1.807) is 66.7 Å². The Balaban J connectivity index is 1.87. The van der Waals surface area contributed by atoms with Gasteiger partial charge in [-0.05, 0) is 55.3 Å². The molecule has 0 aromatic heterocycles. The second kappa shape index (κ2) is 12.4. The van der Waals surface area contributed by atoms with Crippen molar-refractivity contribution in [2.75, 3.05) is 23.8 Å². The molecule has 7 heteroatoms. The first-order chi connectivity index (χ1) is 16.9. The molecule has 182 valence electrons. The van der Waals surface area contributed by atoms with Crippen LogP contribution in [0.1, 0.15) is 59.9 Å². The fourth-order valence-electron chi connectivity index (χ4n) is 3.42. The van der Waals surface area contributed by atoms with Crippen LogP contribution in [0.2, 0.25) is 0 Å². The summed E-state index contributed by atoms with van der Waals surface area (Å²) in [7, 11) is 0. The van der Waals surface area contributed by atoms with Crippen LogP contribution in [0.25, 0.3) is 0 Å². The highest BCUT2D eigenvalue weighted by Crippen LogP contribution is 2.30. The molecule has 0 saturated heterocycles. The highest BCUT2D eigenvalue weighted by molar-refractivity contribution is 6.17. The first-order valence-corrected chi connectivity index (χ1v) is 11.6. The predicted octanol–water partition coefficient (Wildman–Crippen LogP) is 5.71. The lowest BCUT2D eigenvalue weighted by Gasteiger charge is -2.14. The Labute approximate surface area is 205 Å². The zero-order valence-corrected chi connectivity index (χ0v) is 20.2. The third-order valence-corrected chi connectivity index (χ3v) is 4.99. The molecule has 0 aliphatic carbocycles. The maximum Gasteiger partial charge on any atom is 0.256 e. The van der Waals surface area contributed by atoms with Crippen molar-refractivity contribution in [1.82, 2.24) is 0 Å². The summed E-state index contributed by atoms with van der Waals surface area (Å²) in [6.45, 7) is 6.47. The number of hydrogen-bond acceptors (Lipinski definition) is 5. The number of carbonyl (C=O) groups is 3. The van der Waals surface area contributed by atoms with Gasteiger partial charge in [0.15, 0.2) is 17.3 Å². The van der Waals surface area contributed by atoms with Crippen molar-refractivity contribution in [3.05, 3.63) is 83.4 Å². The van der Waals surface area contributed by atoms with Crippen molar-refractivity contribution in [3.8, 4) is 11.5 Å². The van der Waals surface area contributed by atoms with Crippen LogP contribution >= 0.6 is 0 Å². The van der Waals surface area contributed by atoms with Crippen molar-refractivity contribution in [2.45, 2.75) is 33.6 Å². The molecule has 0 fully saturated rings. The summed E-state index contributed by atoms with van der Waals surface area (Å²) in [6.07, 6.45) is 1.67. The van der Waals surface area contributed by atoms with Gasteiger partial charge in [0, 0.05) is 29.4 Å². The van der Waals surface area contributed by atoms with Crippen LogP contribution in [0.15, 0.2) is 66.7 Å². The molecule has 0 bridgehead atoms. The molecule has 35 heavy (non-hydrogen) atoms. The van der Waals surface area contributed by atoms with E-state index in [-0.39, 0.29) is 22.8 Å². The first kappa shape index (κ1) is 25.5. The van der Waals surface area contributed by atoms with Gasteiger partial charge in [-0.15, -0.1) is 0 Å². The van der Waals surface area contributed by atoms with Crippen molar-refractivity contribution < 1.29 is 23.9 Å². The number of nitrogens with one attached hydrogen (secondary N) is 2. The molecule has 0 aliphatic heterocycles. The number of ketones is 1. The quantitative estimate of drug-likeness (QED) is 0.347. The zero-order valence-electron chi connectivity index (χ0n) is 20.2. The average Bonchev–Trinajstić information content (AvgIpc) is 2.85. The molecule has 0 radical (unpaired) electrons. The standard InChI is InChI=1S/C28H30N2O5/c1-4-15-34-25-14-13-20(17-26(25)35-16-5-2)27(32)23-11-6-7-12-24(23)28(33)30-22-10-8-9-21(18-22)29-19(3)31/h6-14,17-18H,4-5,15-16H2,1-3H3,(H,29,31)(H,30,33). The molecule has 3 aromatic rings. The number of amides is 2. The van der Waals surface area contributed by atoms with E-state index in [1.807, 2.05) is 13.8 Å². The zero-order chi connectivity index (χ0) is 25.2. The molecule has 2 N–H and O–H groups in total. The Morgan fingerprint density at radius 1 is 0.714 bits per heavy atom. The Morgan fingerprint density at radius 2 is 1.34 bits per heavy atom. The molecule has 3 aromatic carbocycles. The summed E-state index contributed by atoms with van der Waals surface area (Å²) in [4.78, 5) is 37.8. The van der Waals surface area contributed by atoms with Gasteiger partial charge in [-0.25, -0.2) is 0 Å². The van der Waals surface area contributed by atoms with E-state index < -0.39 is 5.91 Å². The molecule has 7 nitrogen and oxygen atoms in total. The smallest absolute Gasteiger partial charge is 0.256 e. The molecule has 2 amide bonds. The lowest BCUT2D eigenvalue weighted by molar-refractivity contribution is -0.114. The van der Waals surface area contributed by atoms with Crippen LogP contribution in [-0.4, -0.2) is 30.8 Å². The van der Waals surface area contributed by atoms with E-state index in [2.05, 4.69) is 10.6 Å². The van der Waals surface area contributed by atoms with Gasteiger partial charge in [0.25, 0.3) is 5.91 Å². The summed E-state index contributed by atoms with van der Waals surface area (Å²) in [5.41, 5.74) is 1.96. The Morgan fingerprint density at radius 3 is 2.00 bits per heavy atom. The van der Waals surface area contributed by atoms with E-state index in [0.717, 1.165) is 12.8 Å². The molecular formula is C28H30N2O5. The fourth-order valence-corrected chi connectivity index (χ4v) is 3.42. The third-order valence-electron chi connectivity index (χ3n) is 4.99. The van der Waals surface area contributed by atoms with E-state index in [9.17, 15) is 14.4 Å². The van der Waals surface area contributed by atoms with Gasteiger partial charge in [-0.2, -0.15) is 0 Å². The number of benzene rings is 3. The summed E-state index contributed by atoms with van der Waals surface area (Å²) >= 11 is 0. The molecule has 0 spiro atoms. The normalized spacial score (nSPS) is 10.4. The van der Waals surface area contributed by atoms with Crippen LogP contribution in [0.3, 0.4) is 0 Å². The molecular weight excluding hydrogens is 444 g/mol. The number of rotatable bonds is 11. The summed E-state index contributed by atoms with van der Waals surface area (Å²) in [6, 6.07) is 18.5. The molecule has 3 rings (SSSR count). The molecule has 0 saturated carbocycles. The number of carbonyl (C=O) groups excluding carboxylic acids is 3. The van der Waals surface area contributed by atoms with E-state index in [1.165, 1.54) is 6.92 Å². The maximum absolute atomic E-state index is 13.4. The predicted molar refractivity (Wildman–Crippen MR) is 137 cm³/mol. The monoisotopic (exact) mass is 474 g/mol. The Kier molecular flexibility index (Phi) is 9.01. The second-order valence-corrected chi connectivity index (χ2v) is 7.95. The SMILES string of the molecule is CCCOc1ccc(C(=O)c2ccccc2C(=O)Nc2cccc(NC(C)=O)c2)cc1OCCC. The van der Waals surface area contributed by atoms with Gasteiger partial charge in [-0.1, -0.05) is 38.1 Å². The van der Waals surface area contributed by atoms with Gasteiger partial charge in [-0.3, -0.25) is 14.4 Å². The minimum Gasteiger partial charge on any atom is -0.490 e. The molecule has 0 heterocycles. The van der Waals surface area contributed by atoms with E-state index >= 15 is 0 Å². The number of anilines is 2. The van der Waals surface area contributed by atoms with Crippen molar-refractivity contribution in [1.29, 1.82) is 0 Å².